The van der Waals surface area contributed by atoms with Gasteiger partial charge in [0, 0.05) is 11.7 Å². The Kier molecular flexibility index (Phi) is 5.26. The average Bonchev–Trinajstić information content (AvgIpc) is 2.95. The van der Waals surface area contributed by atoms with Gasteiger partial charge in [0.25, 0.3) is 5.91 Å². The summed E-state index contributed by atoms with van der Waals surface area (Å²) in [5.74, 6) is -0.0414. The van der Waals surface area contributed by atoms with Gasteiger partial charge in [-0.2, -0.15) is 0 Å². The third-order valence-corrected chi connectivity index (χ3v) is 4.26. The fourth-order valence-corrected chi connectivity index (χ4v) is 3.17. The molecular formula is C21H23NO4. The third kappa shape index (κ3) is 3.87. The molecule has 0 radical (unpaired) electrons. The first-order chi connectivity index (χ1) is 12.5. The number of rotatable bonds is 5. The maximum atomic E-state index is 12.6. The summed E-state index contributed by atoms with van der Waals surface area (Å²) in [6.07, 6.45) is 0.878. The van der Waals surface area contributed by atoms with Crippen molar-refractivity contribution in [2.24, 2.45) is 0 Å². The summed E-state index contributed by atoms with van der Waals surface area (Å²) < 4.78 is 10.8. The van der Waals surface area contributed by atoms with Crippen LogP contribution in [0, 0.1) is 0 Å². The van der Waals surface area contributed by atoms with Crippen molar-refractivity contribution >= 4 is 17.6 Å². The van der Waals surface area contributed by atoms with Gasteiger partial charge in [0.15, 0.2) is 6.61 Å². The molecule has 1 unspecified atom stereocenters. The van der Waals surface area contributed by atoms with Crippen LogP contribution >= 0.6 is 0 Å². The quantitative estimate of drug-likeness (QED) is 0.771. The van der Waals surface area contributed by atoms with E-state index in [0.717, 1.165) is 17.7 Å². The van der Waals surface area contributed by atoms with E-state index in [9.17, 15) is 9.59 Å². The maximum Gasteiger partial charge on any atom is 0.338 e. The highest BCUT2D eigenvalue weighted by atomic mass is 16.5. The lowest BCUT2D eigenvalue weighted by Crippen LogP contribution is -2.38. The number of amides is 1. The van der Waals surface area contributed by atoms with Crippen molar-refractivity contribution < 1.29 is 19.1 Å². The van der Waals surface area contributed by atoms with Crippen LogP contribution in [0.15, 0.2) is 48.5 Å². The summed E-state index contributed by atoms with van der Waals surface area (Å²) in [6, 6.07) is 14.6. The highest BCUT2D eigenvalue weighted by Gasteiger charge is 2.31. The number of ether oxygens (including phenoxy) is 2. The van der Waals surface area contributed by atoms with Crippen LogP contribution < -0.4 is 9.64 Å². The fraction of sp³-hybridized carbons (Fsp3) is 0.333. The summed E-state index contributed by atoms with van der Waals surface area (Å²) in [4.78, 5) is 26.5. The lowest BCUT2D eigenvalue weighted by atomic mass is 10.1. The molecule has 0 saturated heterocycles. The molecule has 0 fully saturated rings. The Labute approximate surface area is 153 Å². The van der Waals surface area contributed by atoms with Crippen LogP contribution in [0.1, 0.15) is 36.7 Å². The topological polar surface area (TPSA) is 55.8 Å². The molecule has 1 aliphatic heterocycles. The van der Waals surface area contributed by atoms with Crippen LogP contribution in [-0.2, 0) is 16.0 Å². The van der Waals surface area contributed by atoms with Gasteiger partial charge in [0.1, 0.15) is 5.75 Å². The molecule has 1 aliphatic rings. The molecule has 1 amide bonds. The summed E-state index contributed by atoms with van der Waals surface area (Å²) >= 11 is 0. The normalized spacial score (nSPS) is 15.7. The molecule has 1 atom stereocenters. The number of benzene rings is 2. The van der Waals surface area contributed by atoms with Gasteiger partial charge in [-0.25, -0.2) is 4.79 Å². The molecule has 5 heteroatoms. The van der Waals surface area contributed by atoms with Gasteiger partial charge >= 0.3 is 5.97 Å². The Morgan fingerprint density at radius 1 is 1.12 bits per heavy atom. The van der Waals surface area contributed by atoms with Crippen molar-refractivity contribution in [1.29, 1.82) is 0 Å². The molecule has 3 rings (SSSR count). The van der Waals surface area contributed by atoms with Crippen LogP contribution in [0.3, 0.4) is 0 Å². The molecule has 1 heterocycles. The maximum absolute atomic E-state index is 12.6. The first-order valence-electron chi connectivity index (χ1n) is 8.79. The Balaban J connectivity index is 1.60. The molecule has 2 aromatic rings. The van der Waals surface area contributed by atoms with Gasteiger partial charge in [-0.3, -0.25) is 4.79 Å². The zero-order valence-corrected chi connectivity index (χ0v) is 15.3. The van der Waals surface area contributed by atoms with Gasteiger partial charge in [0.05, 0.1) is 11.7 Å². The third-order valence-electron chi connectivity index (χ3n) is 4.26. The fourth-order valence-electron chi connectivity index (χ4n) is 3.17. The highest BCUT2D eigenvalue weighted by Crippen LogP contribution is 2.31. The smallest absolute Gasteiger partial charge is 0.338 e. The molecular weight excluding hydrogens is 330 g/mol. The SMILES string of the molecule is CC(C)Oc1ccc(C(=O)OCC(=O)N2c3ccccc3CC2C)cc1. The molecule has 0 bridgehead atoms. The Morgan fingerprint density at radius 2 is 1.81 bits per heavy atom. The van der Waals surface area contributed by atoms with E-state index >= 15 is 0 Å². The highest BCUT2D eigenvalue weighted by molar-refractivity contribution is 5.99. The number of hydrogen-bond donors (Lipinski definition) is 0. The van der Waals surface area contributed by atoms with Crippen molar-refractivity contribution in [2.45, 2.75) is 39.3 Å². The molecule has 2 aromatic carbocycles. The van der Waals surface area contributed by atoms with Crippen LogP contribution in [0.4, 0.5) is 5.69 Å². The van der Waals surface area contributed by atoms with Gasteiger partial charge in [0.2, 0.25) is 0 Å². The number of hydrogen-bond acceptors (Lipinski definition) is 4. The van der Waals surface area contributed by atoms with E-state index in [-0.39, 0.29) is 24.7 Å². The lowest BCUT2D eigenvalue weighted by Gasteiger charge is -2.22. The average molecular weight is 353 g/mol. The molecule has 5 nitrogen and oxygen atoms in total. The van der Waals surface area contributed by atoms with Gasteiger partial charge in [-0.15, -0.1) is 0 Å². The zero-order chi connectivity index (χ0) is 18.7. The first-order valence-corrected chi connectivity index (χ1v) is 8.79. The minimum absolute atomic E-state index is 0.0612. The van der Waals surface area contributed by atoms with E-state index < -0.39 is 5.97 Å². The molecule has 0 spiro atoms. The predicted octanol–water partition coefficient (Wildman–Crippen LogP) is 3.61. The summed E-state index contributed by atoms with van der Waals surface area (Å²) in [5, 5.41) is 0. The number of anilines is 1. The minimum Gasteiger partial charge on any atom is -0.491 e. The van der Waals surface area contributed by atoms with E-state index in [1.807, 2.05) is 45.0 Å². The van der Waals surface area contributed by atoms with Gasteiger partial charge in [-0.05, 0) is 63.1 Å². The van der Waals surface area contributed by atoms with Crippen molar-refractivity contribution in [3.05, 3.63) is 59.7 Å². The number of carbonyl (C=O) groups excluding carboxylic acids is 2. The number of para-hydroxylation sites is 1. The van der Waals surface area contributed by atoms with E-state index in [4.69, 9.17) is 9.47 Å². The monoisotopic (exact) mass is 353 g/mol. The van der Waals surface area contributed by atoms with E-state index in [1.54, 1.807) is 29.2 Å². The van der Waals surface area contributed by atoms with Crippen molar-refractivity contribution in [3.8, 4) is 5.75 Å². The lowest BCUT2D eigenvalue weighted by molar-refractivity contribution is -0.122. The Morgan fingerprint density at radius 3 is 2.50 bits per heavy atom. The van der Waals surface area contributed by atoms with E-state index in [2.05, 4.69) is 0 Å². The van der Waals surface area contributed by atoms with Crippen LogP contribution in [0.5, 0.6) is 5.75 Å². The van der Waals surface area contributed by atoms with Crippen LogP contribution in [0.2, 0.25) is 0 Å². The zero-order valence-electron chi connectivity index (χ0n) is 15.3. The minimum atomic E-state index is -0.519. The number of nitrogens with zero attached hydrogens (tertiary/aromatic N) is 1. The van der Waals surface area contributed by atoms with Crippen molar-refractivity contribution in [1.82, 2.24) is 0 Å². The standard InChI is InChI=1S/C21H23NO4/c1-14(2)26-18-10-8-16(9-11-18)21(24)25-13-20(23)22-15(3)12-17-6-4-5-7-19(17)22/h4-11,14-15H,12-13H2,1-3H3. The van der Waals surface area contributed by atoms with Crippen molar-refractivity contribution in [2.75, 3.05) is 11.5 Å². The second-order valence-corrected chi connectivity index (χ2v) is 6.71. The number of esters is 1. The molecule has 26 heavy (non-hydrogen) atoms. The van der Waals surface area contributed by atoms with Gasteiger partial charge < -0.3 is 14.4 Å². The van der Waals surface area contributed by atoms with E-state index in [0.29, 0.717) is 11.3 Å². The molecule has 136 valence electrons. The Bertz CT molecular complexity index is 798. The summed E-state index contributed by atoms with van der Waals surface area (Å²) in [5.41, 5.74) is 2.43. The van der Waals surface area contributed by atoms with Crippen LogP contribution in [0.25, 0.3) is 0 Å². The molecule has 0 saturated carbocycles. The second-order valence-electron chi connectivity index (χ2n) is 6.71. The van der Waals surface area contributed by atoms with Crippen molar-refractivity contribution in [3.63, 3.8) is 0 Å². The predicted molar refractivity (Wildman–Crippen MR) is 99.6 cm³/mol. The molecule has 0 aliphatic carbocycles. The van der Waals surface area contributed by atoms with E-state index in [1.165, 1.54) is 0 Å². The van der Waals surface area contributed by atoms with Gasteiger partial charge in [-0.1, -0.05) is 18.2 Å². The molecule has 0 aromatic heterocycles. The molecule has 0 N–H and O–H groups in total. The largest absolute Gasteiger partial charge is 0.491 e. The first kappa shape index (κ1) is 18.0. The Hall–Kier alpha value is -2.82. The summed E-state index contributed by atoms with van der Waals surface area (Å²) in [6.45, 7) is 5.59. The van der Waals surface area contributed by atoms with Crippen LogP contribution in [-0.4, -0.2) is 30.6 Å². The number of fused-ring (bicyclic) bond motifs is 1. The summed E-state index contributed by atoms with van der Waals surface area (Å²) in [7, 11) is 0. The number of carbonyl (C=O) groups is 2. The second kappa shape index (κ2) is 7.60.